The molecule has 0 aliphatic rings. The molecule has 6 nitrogen and oxygen atoms in total. The highest BCUT2D eigenvalue weighted by Crippen LogP contribution is 2.34. The summed E-state index contributed by atoms with van der Waals surface area (Å²) in [4.78, 5) is 17.8. The van der Waals surface area contributed by atoms with Gasteiger partial charge in [-0.2, -0.15) is 13.2 Å². The summed E-state index contributed by atoms with van der Waals surface area (Å²) in [5.74, 6) is 0. The zero-order valence-electron chi connectivity index (χ0n) is 21.0. The lowest BCUT2D eigenvalue weighted by molar-refractivity contribution is -0.141. The maximum atomic E-state index is 13.2. The molecule has 0 fully saturated rings. The van der Waals surface area contributed by atoms with E-state index in [4.69, 9.17) is 4.74 Å². The van der Waals surface area contributed by atoms with Crippen molar-refractivity contribution >= 4 is 6.09 Å². The number of carbonyl (C=O) groups excluding carboxylic acids is 1. The molecule has 1 heterocycles. The second-order valence-corrected chi connectivity index (χ2v) is 9.65. The lowest BCUT2D eigenvalue weighted by atomic mass is 9.92. The van der Waals surface area contributed by atoms with Gasteiger partial charge in [-0.15, -0.1) is 0 Å². The highest BCUT2D eigenvalue weighted by atomic mass is 19.4. The Morgan fingerprint density at radius 2 is 1.76 bits per heavy atom. The third-order valence-corrected chi connectivity index (χ3v) is 5.63. The van der Waals surface area contributed by atoms with Crippen LogP contribution in [0.2, 0.25) is 0 Å². The van der Waals surface area contributed by atoms with Gasteiger partial charge in [-0.1, -0.05) is 48.5 Å². The van der Waals surface area contributed by atoms with Crippen LogP contribution in [0.4, 0.5) is 18.0 Å². The number of aromatic nitrogens is 1. The van der Waals surface area contributed by atoms with Crippen LogP contribution in [0, 0.1) is 0 Å². The van der Waals surface area contributed by atoms with Crippen molar-refractivity contribution in [2.24, 2.45) is 0 Å². The number of rotatable bonds is 8. The number of ether oxygens (including phenoxy) is 1. The molecule has 1 amide bonds. The Kier molecular flexibility index (Phi) is 8.94. The summed E-state index contributed by atoms with van der Waals surface area (Å²) in [6, 6.07) is 16.5. The number of nitrogens with zero attached hydrogens (tertiary/aromatic N) is 2. The average Bonchev–Trinajstić information content (AvgIpc) is 2.85. The number of benzene rings is 2. The van der Waals surface area contributed by atoms with E-state index in [1.165, 1.54) is 11.0 Å². The quantitative estimate of drug-likeness (QED) is 0.377. The molecule has 0 bridgehead atoms. The van der Waals surface area contributed by atoms with Crippen LogP contribution < -0.4 is 0 Å². The van der Waals surface area contributed by atoms with Gasteiger partial charge in [0.2, 0.25) is 0 Å². The molecular weight excluding hydrogens is 485 g/mol. The summed E-state index contributed by atoms with van der Waals surface area (Å²) in [5.41, 5.74) is 0.395. The molecule has 2 aromatic carbocycles. The van der Waals surface area contributed by atoms with E-state index < -0.39 is 36.3 Å². The van der Waals surface area contributed by atoms with Gasteiger partial charge in [0.1, 0.15) is 11.3 Å². The number of aliphatic hydroxyl groups excluding tert-OH is 2. The maximum absolute atomic E-state index is 13.2. The monoisotopic (exact) mass is 516 g/mol. The van der Waals surface area contributed by atoms with E-state index in [0.29, 0.717) is 16.7 Å². The zero-order valence-corrected chi connectivity index (χ0v) is 21.0. The number of amides is 1. The fourth-order valence-electron chi connectivity index (χ4n) is 3.92. The van der Waals surface area contributed by atoms with E-state index in [1.807, 2.05) is 30.3 Å². The first kappa shape index (κ1) is 28.1. The second-order valence-electron chi connectivity index (χ2n) is 9.65. The molecule has 0 saturated heterocycles. The summed E-state index contributed by atoms with van der Waals surface area (Å²) in [6.45, 7) is 5.22. The molecule has 1 aromatic heterocycles. The van der Waals surface area contributed by atoms with Gasteiger partial charge in [0, 0.05) is 19.3 Å². The molecule has 3 rings (SSSR count). The van der Waals surface area contributed by atoms with Gasteiger partial charge < -0.3 is 19.8 Å². The van der Waals surface area contributed by atoms with E-state index in [-0.39, 0.29) is 25.1 Å². The van der Waals surface area contributed by atoms with Crippen molar-refractivity contribution in [1.82, 2.24) is 9.88 Å². The maximum Gasteiger partial charge on any atom is 0.433 e. The van der Waals surface area contributed by atoms with Crippen LogP contribution in [0.3, 0.4) is 0 Å². The number of carbonyl (C=O) groups is 1. The largest absolute Gasteiger partial charge is 0.444 e. The van der Waals surface area contributed by atoms with Crippen molar-refractivity contribution in [1.29, 1.82) is 0 Å². The fraction of sp³-hybridized carbons (Fsp3) is 0.357. The van der Waals surface area contributed by atoms with Gasteiger partial charge in [-0.3, -0.25) is 4.98 Å². The van der Waals surface area contributed by atoms with Gasteiger partial charge in [-0.05, 0) is 67.1 Å². The predicted octanol–water partition coefficient (Wildman–Crippen LogP) is 6.12. The normalized spacial score (nSPS) is 12.8. The van der Waals surface area contributed by atoms with Crippen LogP contribution in [0.1, 0.15) is 55.7 Å². The van der Waals surface area contributed by atoms with Gasteiger partial charge in [-0.25, -0.2) is 4.79 Å². The first-order valence-electron chi connectivity index (χ1n) is 11.8. The van der Waals surface area contributed by atoms with Crippen LogP contribution >= 0.6 is 0 Å². The van der Waals surface area contributed by atoms with E-state index in [1.54, 1.807) is 39.0 Å². The van der Waals surface area contributed by atoms with Crippen molar-refractivity contribution in [2.75, 3.05) is 6.54 Å². The summed E-state index contributed by atoms with van der Waals surface area (Å²) in [5, 5.41) is 21.1. The standard InChI is InChI=1S/C28H31F3N2O4/c1-27(2,3)37-26(36)33(17-19-8-5-4-6-9-19)15-13-24(35)22-11-7-10-21(23(22)18-34)20-12-14-32-25(16-20)28(29,30)31/h4-12,14,16,24,34-35H,13,15,17-18H2,1-3H3. The third kappa shape index (κ3) is 7.77. The Balaban J connectivity index is 1.85. The molecule has 2 N–H and O–H groups in total. The molecule has 0 saturated carbocycles. The Morgan fingerprint density at radius 1 is 1.05 bits per heavy atom. The summed E-state index contributed by atoms with van der Waals surface area (Å²) < 4.78 is 45.1. The van der Waals surface area contributed by atoms with Crippen molar-refractivity contribution in [3.63, 3.8) is 0 Å². The first-order valence-corrected chi connectivity index (χ1v) is 11.8. The van der Waals surface area contributed by atoms with Gasteiger partial charge >= 0.3 is 12.3 Å². The minimum atomic E-state index is -4.61. The van der Waals surface area contributed by atoms with E-state index in [2.05, 4.69) is 4.98 Å². The number of aliphatic hydroxyl groups is 2. The Labute approximate surface area is 214 Å². The molecule has 198 valence electrons. The Hall–Kier alpha value is -3.43. The second kappa shape index (κ2) is 11.7. The van der Waals surface area contributed by atoms with Crippen molar-refractivity contribution in [2.45, 2.75) is 58.2 Å². The van der Waals surface area contributed by atoms with Crippen LogP contribution in [-0.4, -0.2) is 38.3 Å². The third-order valence-electron chi connectivity index (χ3n) is 5.63. The van der Waals surface area contributed by atoms with Gasteiger partial charge in [0.25, 0.3) is 0 Å². The minimum absolute atomic E-state index is 0.118. The molecule has 1 unspecified atom stereocenters. The SMILES string of the molecule is CC(C)(C)OC(=O)N(CCC(O)c1cccc(-c2ccnc(C(F)(F)F)c2)c1CO)Cc1ccccc1. The zero-order chi connectivity index (χ0) is 27.2. The molecule has 1 atom stereocenters. The molecule has 0 aliphatic heterocycles. The predicted molar refractivity (Wildman–Crippen MR) is 133 cm³/mol. The number of hydrogen-bond acceptors (Lipinski definition) is 5. The molecular formula is C28H31F3N2O4. The summed E-state index contributed by atoms with van der Waals surface area (Å²) in [7, 11) is 0. The van der Waals surface area contributed by atoms with E-state index in [9.17, 15) is 28.2 Å². The molecule has 0 radical (unpaired) electrons. The molecule has 37 heavy (non-hydrogen) atoms. The molecule has 3 aromatic rings. The van der Waals surface area contributed by atoms with Crippen molar-refractivity contribution < 1.29 is 32.9 Å². The van der Waals surface area contributed by atoms with Crippen LogP contribution in [0.25, 0.3) is 11.1 Å². The topological polar surface area (TPSA) is 82.9 Å². The van der Waals surface area contributed by atoms with Crippen LogP contribution in [0.5, 0.6) is 0 Å². The average molecular weight is 517 g/mol. The number of halogens is 3. The molecule has 9 heteroatoms. The lowest BCUT2D eigenvalue weighted by Gasteiger charge is -2.28. The van der Waals surface area contributed by atoms with Crippen LogP contribution in [0.15, 0.2) is 66.9 Å². The number of hydrogen-bond donors (Lipinski definition) is 2. The smallest absolute Gasteiger partial charge is 0.433 e. The number of pyridine rings is 1. The minimum Gasteiger partial charge on any atom is -0.444 e. The Morgan fingerprint density at radius 3 is 2.38 bits per heavy atom. The molecule has 0 spiro atoms. The fourth-order valence-corrected chi connectivity index (χ4v) is 3.92. The van der Waals surface area contributed by atoms with Crippen LogP contribution in [-0.2, 0) is 24.1 Å². The highest BCUT2D eigenvalue weighted by molar-refractivity contribution is 5.69. The van der Waals surface area contributed by atoms with E-state index >= 15 is 0 Å². The summed E-state index contributed by atoms with van der Waals surface area (Å²) >= 11 is 0. The van der Waals surface area contributed by atoms with Gasteiger partial charge in [0.05, 0.1) is 12.7 Å². The Bertz CT molecular complexity index is 1190. The van der Waals surface area contributed by atoms with Gasteiger partial charge in [0.15, 0.2) is 0 Å². The van der Waals surface area contributed by atoms with Crippen molar-refractivity contribution in [3.05, 3.63) is 89.2 Å². The van der Waals surface area contributed by atoms with E-state index in [0.717, 1.165) is 17.8 Å². The summed E-state index contributed by atoms with van der Waals surface area (Å²) in [6.07, 6.45) is -5.06. The highest BCUT2D eigenvalue weighted by Gasteiger charge is 2.33. The van der Waals surface area contributed by atoms with Crippen molar-refractivity contribution in [3.8, 4) is 11.1 Å². The number of alkyl halides is 3. The molecule has 0 aliphatic carbocycles. The lowest BCUT2D eigenvalue weighted by Crippen LogP contribution is -2.37. The first-order chi connectivity index (χ1) is 17.4.